The molecule has 0 bridgehead atoms. The zero-order valence-electron chi connectivity index (χ0n) is 50.5. The first-order chi connectivity index (χ1) is 38.1. The molecule has 0 aromatic carbocycles. The Bertz CT molecular complexity index is 1690. The lowest BCUT2D eigenvalue weighted by atomic mass is 10.0. The van der Waals surface area contributed by atoms with Gasteiger partial charge < -0.3 is 28.5 Å². The third-order valence-corrected chi connectivity index (χ3v) is 13.0. The molecule has 0 saturated heterocycles. The zero-order valence-corrected chi connectivity index (χ0v) is 50.5. The fraction of sp³-hybridized carbons (Fsp3) is 0.667. The van der Waals surface area contributed by atoms with E-state index in [1.807, 2.05) is 21.1 Å². The maximum atomic E-state index is 12.9. The van der Waals surface area contributed by atoms with Crippen molar-refractivity contribution < 1.29 is 42.9 Å². The Morgan fingerprint density at radius 2 is 0.731 bits per heavy atom. The molecule has 0 radical (unpaired) electrons. The van der Waals surface area contributed by atoms with Crippen LogP contribution in [0.2, 0.25) is 0 Å². The number of carboxylic acid groups (broad SMARTS) is 1. The number of hydrogen-bond acceptors (Lipinski definition) is 7. The average Bonchev–Trinajstić information content (AvgIpc) is 3.41. The number of ether oxygens (including phenoxy) is 4. The van der Waals surface area contributed by atoms with Crippen LogP contribution in [-0.4, -0.2) is 87.4 Å². The Morgan fingerprint density at radius 3 is 1.09 bits per heavy atom. The predicted molar refractivity (Wildman–Crippen MR) is 331 cm³/mol. The smallest absolute Gasteiger partial charge is 0.361 e. The summed E-state index contributed by atoms with van der Waals surface area (Å²) in [6, 6.07) is 0. The summed E-state index contributed by atoms with van der Waals surface area (Å²) in [5.41, 5.74) is 0. The van der Waals surface area contributed by atoms with Crippen molar-refractivity contribution in [3.8, 4) is 0 Å². The van der Waals surface area contributed by atoms with Crippen LogP contribution in [0.1, 0.15) is 239 Å². The maximum absolute atomic E-state index is 12.9. The Balaban J connectivity index is 4.09. The molecule has 0 aliphatic carbocycles. The number of nitrogens with zero attached hydrogens (tertiary/aromatic N) is 1. The highest BCUT2D eigenvalue weighted by atomic mass is 16.7. The summed E-state index contributed by atoms with van der Waals surface area (Å²) < 4.78 is 22.8. The van der Waals surface area contributed by atoms with Gasteiger partial charge in [-0.25, -0.2) is 4.79 Å². The van der Waals surface area contributed by atoms with Gasteiger partial charge in [0.2, 0.25) is 0 Å². The molecule has 0 rings (SSSR count). The molecule has 9 nitrogen and oxygen atoms in total. The van der Waals surface area contributed by atoms with Crippen molar-refractivity contribution in [3.05, 3.63) is 122 Å². The standard InChI is InChI=1S/C69H115NO8/c1-6-8-10-12-14-16-18-20-22-23-24-25-26-27-28-29-30-31-32-33-34-35-36-37-38-39-40-41-42-43-44-45-46-48-50-52-54-56-58-60-67(72)78-65(64-77-69(68(73)74)75-62-61-70(3,4)5)63-76-66(71)59-57-55-53-51-49-47-21-19-17-15-13-11-9-7-2/h8,10,13-16,19-22,24-25,27-28,30-31,33-34,36-37,65,69H,6-7,9,11-12,17-18,23,26,29,32,35,38-64H2,1-5H3/p+1/b10-8-,15-13-,16-14-,21-19-,22-20-,25-24-,28-27-,31-30-,34-33-,37-36-. The molecule has 0 aliphatic heterocycles. The molecule has 1 N–H and O–H groups in total. The summed E-state index contributed by atoms with van der Waals surface area (Å²) in [5, 5.41) is 9.70. The van der Waals surface area contributed by atoms with Gasteiger partial charge in [-0.3, -0.25) is 9.59 Å². The molecule has 0 aromatic rings. The van der Waals surface area contributed by atoms with E-state index in [-0.39, 0.29) is 38.6 Å². The molecule has 0 heterocycles. The lowest BCUT2D eigenvalue weighted by Crippen LogP contribution is -2.40. The predicted octanol–water partition coefficient (Wildman–Crippen LogP) is 18.8. The third kappa shape index (κ3) is 59.4. The van der Waals surface area contributed by atoms with Crippen LogP contribution in [0.3, 0.4) is 0 Å². The van der Waals surface area contributed by atoms with Gasteiger partial charge in [-0.1, -0.05) is 245 Å². The number of hydrogen-bond donors (Lipinski definition) is 1. The molecular weight excluding hydrogens is 971 g/mol. The largest absolute Gasteiger partial charge is 0.477 e. The number of aliphatic carboxylic acids is 1. The van der Waals surface area contributed by atoms with Crippen molar-refractivity contribution in [2.45, 2.75) is 251 Å². The SMILES string of the molecule is CC/C=C\C/C=C\C/C=C\C/C=C\C/C=C\C/C=C\C/C=C\C/C=C\CCCCCCCCCCCCCCCCC(=O)OC(COC(=O)CCCCCCC/C=C\C/C=C\CCCC)COC(OCC[N+](C)(C)C)C(=O)O. The van der Waals surface area contributed by atoms with Gasteiger partial charge in [-0.15, -0.1) is 0 Å². The molecule has 0 fully saturated rings. The summed E-state index contributed by atoms with van der Waals surface area (Å²) in [6.45, 7) is 4.70. The first-order valence-electron chi connectivity index (χ1n) is 31.2. The Morgan fingerprint density at radius 1 is 0.397 bits per heavy atom. The summed E-state index contributed by atoms with van der Waals surface area (Å²) in [4.78, 5) is 37.4. The number of carbonyl (C=O) groups excluding carboxylic acids is 2. The molecule has 2 atom stereocenters. The van der Waals surface area contributed by atoms with Crippen molar-refractivity contribution in [2.75, 3.05) is 47.5 Å². The number of unbranched alkanes of at least 4 members (excludes halogenated alkanes) is 21. The van der Waals surface area contributed by atoms with Crippen molar-refractivity contribution in [2.24, 2.45) is 0 Å². The van der Waals surface area contributed by atoms with Crippen molar-refractivity contribution >= 4 is 17.9 Å². The first-order valence-corrected chi connectivity index (χ1v) is 31.2. The van der Waals surface area contributed by atoms with Crippen LogP contribution in [0.4, 0.5) is 0 Å². The highest BCUT2D eigenvalue weighted by Gasteiger charge is 2.25. The maximum Gasteiger partial charge on any atom is 0.361 e. The number of esters is 2. The zero-order chi connectivity index (χ0) is 56.9. The van der Waals surface area contributed by atoms with Crippen molar-refractivity contribution in [1.82, 2.24) is 0 Å². The van der Waals surface area contributed by atoms with E-state index < -0.39 is 24.3 Å². The van der Waals surface area contributed by atoms with E-state index in [0.717, 1.165) is 122 Å². The lowest BCUT2D eigenvalue weighted by Gasteiger charge is -2.25. The number of rotatable bonds is 56. The van der Waals surface area contributed by atoms with Gasteiger partial charge >= 0.3 is 17.9 Å². The quantitative estimate of drug-likeness (QED) is 0.0211. The second-order valence-electron chi connectivity index (χ2n) is 21.6. The summed E-state index contributed by atoms with van der Waals surface area (Å²) in [5.74, 6) is -2.03. The lowest BCUT2D eigenvalue weighted by molar-refractivity contribution is -0.870. The minimum Gasteiger partial charge on any atom is -0.477 e. The monoisotopic (exact) mass is 1090 g/mol. The van der Waals surface area contributed by atoms with E-state index >= 15 is 0 Å². The fourth-order valence-electron chi connectivity index (χ4n) is 8.16. The number of likely N-dealkylation sites (N-methyl/N-ethyl adjacent to an activating group) is 1. The van der Waals surface area contributed by atoms with Crippen LogP contribution in [0.15, 0.2) is 122 Å². The molecule has 9 heteroatoms. The van der Waals surface area contributed by atoms with Gasteiger partial charge in [0.15, 0.2) is 6.10 Å². The second-order valence-corrected chi connectivity index (χ2v) is 21.6. The molecule has 0 aromatic heterocycles. The van der Waals surface area contributed by atoms with Gasteiger partial charge in [-0.05, 0) is 103 Å². The molecular formula is C69H116NO8+. The Hall–Kier alpha value is -4.31. The van der Waals surface area contributed by atoms with Gasteiger partial charge in [-0.2, -0.15) is 0 Å². The average molecular weight is 1090 g/mol. The minimum atomic E-state index is -1.52. The molecule has 2 unspecified atom stereocenters. The van der Waals surface area contributed by atoms with E-state index in [1.165, 1.54) is 83.5 Å². The van der Waals surface area contributed by atoms with E-state index in [1.54, 1.807) is 0 Å². The highest BCUT2D eigenvalue weighted by Crippen LogP contribution is 2.16. The molecule has 0 aliphatic rings. The van der Waals surface area contributed by atoms with Gasteiger partial charge in [0.05, 0.1) is 34.4 Å². The topological polar surface area (TPSA) is 108 Å². The minimum absolute atomic E-state index is 0.181. The van der Waals surface area contributed by atoms with Crippen LogP contribution >= 0.6 is 0 Å². The number of carboxylic acids is 1. The van der Waals surface area contributed by atoms with Crippen molar-refractivity contribution in [3.63, 3.8) is 0 Å². The summed E-state index contributed by atoms with van der Waals surface area (Å²) in [7, 11) is 5.96. The van der Waals surface area contributed by atoms with Crippen LogP contribution in [0, 0.1) is 0 Å². The number of allylic oxidation sites excluding steroid dienone is 20. The molecule has 0 saturated carbocycles. The van der Waals surface area contributed by atoms with Crippen LogP contribution in [-0.2, 0) is 33.3 Å². The summed E-state index contributed by atoms with van der Waals surface area (Å²) >= 11 is 0. The molecule has 0 amide bonds. The van der Waals surface area contributed by atoms with Crippen molar-refractivity contribution in [1.29, 1.82) is 0 Å². The normalized spacial score (nSPS) is 13.6. The van der Waals surface area contributed by atoms with Crippen LogP contribution in [0.25, 0.3) is 0 Å². The Labute approximate surface area is 478 Å². The van der Waals surface area contributed by atoms with Gasteiger partial charge in [0.25, 0.3) is 6.29 Å². The Kier molecular flexibility index (Phi) is 55.6. The molecule has 78 heavy (non-hydrogen) atoms. The first kappa shape index (κ1) is 73.7. The van der Waals surface area contributed by atoms with E-state index in [2.05, 4.69) is 135 Å². The van der Waals surface area contributed by atoms with E-state index in [0.29, 0.717) is 17.4 Å². The van der Waals surface area contributed by atoms with Crippen LogP contribution < -0.4 is 0 Å². The highest BCUT2D eigenvalue weighted by molar-refractivity contribution is 5.71. The van der Waals surface area contributed by atoms with Gasteiger partial charge in [0.1, 0.15) is 13.2 Å². The third-order valence-electron chi connectivity index (χ3n) is 13.0. The van der Waals surface area contributed by atoms with E-state index in [4.69, 9.17) is 18.9 Å². The second kappa shape index (κ2) is 58.8. The van der Waals surface area contributed by atoms with Crippen LogP contribution in [0.5, 0.6) is 0 Å². The molecule has 0 spiro atoms. The number of quaternary nitrogens is 1. The summed E-state index contributed by atoms with van der Waals surface area (Å²) in [6.07, 6.45) is 80.1. The molecule has 444 valence electrons. The fourth-order valence-corrected chi connectivity index (χ4v) is 8.16. The number of carbonyl (C=O) groups is 3. The van der Waals surface area contributed by atoms with Gasteiger partial charge in [0, 0.05) is 12.8 Å². The van der Waals surface area contributed by atoms with E-state index in [9.17, 15) is 19.5 Å².